The van der Waals surface area contributed by atoms with Gasteiger partial charge in [-0.3, -0.25) is 4.98 Å². The van der Waals surface area contributed by atoms with Crippen LogP contribution in [-0.4, -0.2) is 15.2 Å². The van der Waals surface area contributed by atoms with E-state index in [4.69, 9.17) is 12.2 Å². The summed E-state index contributed by atoms with van der Waals surface area (Å²) in [5.41, 5.74) is 1.91. The van der Waals surface area contributed by atoms with Crippen LogP contribution in [0.5, 0.6) is 5.75 Å². The predicted octanol–water partition coefficient (Wildman–Crippen LogP) is 4.33. The maximum atomic E-state index is 9.61. The van der Waals surface area contributed by atoms with Crippen LogP contribution in [0.25, 0.3) is 0 Å². The molecule has 0 radical (unpaired) electrons. The van der Waals surface area contributed by atoms with Crippen LogP contribution in [0.2, 0.25) is 0 Å². The number of pyridine rings is 1. The third kappa shape index (κ3) is 2.99. The largest absolute Gasteiger partial charge is 0.508 e. The van der Waals surface area contributed by atoms with Crippen LogP contribution in [0.15, 0.2) is 60.8 Å². The number of phenolic OH excluding ortho intramolecular Hbond substituents is 1. The van der Waals surface area contributed by atoms with Crippen molar-refractivity contribution in [2.45, 2.75) is 19.0 Å². The van der Waals surface area contributed by atoms with E-state index in [0.717, 1.165) is 11.4 Å². The number of rotatable bonds is 3. The smallest absolute Gasteiger partial charge is 0.174 e. The van der Waals surface area contributed by atoms with Crippen molar-refractivity contribution in [3.05, 3.63) is 76.2 Å². The highest BCUT2D eigenvalue weighted by Crippen LogP contribution is 2.43. The van der Waals surface area contributed by atoms with E-state index in [2.05, 4.69) is 34.3 Å². The zero-order valence-electron chi connectivity index (χ0n) is 13.6. The molecule has 1 aromatic carbocycles. The lowest BCUT2D eigenvalue weighted by molar-refractivity contribution is 0.475. The molecule has 1 fully saturated rings. The van der Waals surface area contributed by atoms with E-state index in [0.29, 0.717) is 5.11 Å². The van der Waals surface area contributed by atoms with Crippen LogP contribution in [0.3, 0.4) is 0 Å². The number of thiophene rings is 1. The Balaban J connectivity index is 1.81. The minimum Gasteiger partial charge on any atom is -0.508 e. The summed E-state index contributed by atoms with van der Waals surface area (Å²) in [5.74, 6) is 0.242. The molecule has 0 amide bonds. The summed E-state index contributed by atoms with van der Waals surface area (Å²) in [6, 6.07) is 17.3. The van der Waals surface area contributed by atoms with E-state index in [1.54, 1.807) is 29.7 Å². The average molecular weight is 367 g/mol. The van der Waals surface area contributed by atoms with Crippen molar-refractivity contribution in [2.75, 3.05) is 4.90 Å². The van der Waals surface area contributed by atoms with Gasteiger partial charge in [-0.15, -0.1) is 11.3 Å². The second kappa shape index (κ2) is 6.46. The van der Waals surface area contributed by atoms with Gasteiger partial charge in [0, 0.05) is 21.6 Å². The molecule has 0 aliphatic carbocycles. The predicted molar refractivity (Wildman–Crippen MR) is 105 cm³/mol. The van der Waals surface area contributed by atoms with Crippen molar-refractivity contribution in [2.24, 2.45) is 0 Å². The van der Waals surface area contributed by atoms with E-state index < -0.39 is 0 Å². The number of phenols is 1. The summed E-state index contributed by atoms with van der Waals surface area (Å²) >= 11 is 7.41. The van der Waals surface area contributed by atoms with E-state index in [9.17, 15) is 5.11 Å². The Morgan fingerprint density at radius 2 is 1.92 bits per heavy atom. The highest BCUT2D eigenvalue weighted by Gasteiger charge is 2.41. The molecule has 126 valence electrons. The number of aryl methyl sites for hydroxylation is 1. The van der Waals surface area contributed by atoms with Gasteiger partial charge in [0.1, 0.15) is 5.75 Å². The summed E-state index contributed by atoms with van der Waals surface area (Å²) < 4.78 is 0. The van der Waals surface area contributed by atoms with Gasteiger partial charge < -0.3 is 15.3 Å². The summed E-state index contributed by atoms with van der Waals surface area (Å²) in [5, 5.41) is 13.7. The van der Waals surface area contributed by atoms with Crippen LogP contribution in [0.1, 0.15) is 27.5 Å². The number of hydrogen-bond acceptors (Lipinski definition) is 4. The minimum atomic E-state index is -0.0273. The van der Waals surface area contributed by atoms with Crippen molar-refractivity contribution in [1.82, 2.24) is 10.3 Å². The number of benzene rings is 1. The van der Waals surface area contributed by atoms with Gasteiger partial charge in [0.15, 0.2) is 5.11 Å². The lowest BCUT2D eigenvalue weighted by Gasteiger charge is -2.26. The first-order valence-corrected chi connectivity index (χ1v) is 9.22. The molecular weight excluding hydrogens is 350 g/mol. The molecule has 1 aliphatic heterocycles. The maximum Gasteiger partial charge on any atom is 0.174 e. The molecule has 0 saturated carbocycles. The van der Waals surface area contributed by atoms with Gasteiger partial charge >= 0.3 is 0 Å². The molecule has 0 spiro atoms. The SMILES string of the molecule is Cc1ccc([C@@H]2[C@@H](c3ccccn3)NC(=S)N2c2ccc(O)cc2)s1. The summed E-state index contributed by atoms with van der Waals surface area (Å²) in [6.45, 7) is 2.11. The molecule has 6 heteroatoms. The fraction of sp³-hybridized carbons (Fsp3) is 0.158. The highest BCUT2D eigenvalue weighted by molar-refractivity contribution is 7.80. The Labute approximate surface area is 155 Å². The molecule has 2 atom stereocenters. The van der Waals surface area contributed by atoms with Gasteiger partial charge in [-0.25, -0.2) is 0 Å². The van der Waals surface area contributed by atoms with Gasteiger partial charge in [0.2, 0.25) is 0 Å². The van der Waals surface area contributed by atoms with Gasteiger partial charge in [0.05, 0.1) is 17.8 Å². The third-order valence-corrected chi connectivity index (χ3v) is 5.66. The van der Waals surface area contributed by atoms with Crippen LogP contribution in [0, 0.1) is 6.92 Å². The lowest BCUT2D eigenvalue weighted by Crippen LogP contribution is -2.28. The quantitative estimate of drug-likeness (QED) is 0.675. The number of thiocarbonyl (C=S) groups is 1. The first kappa shape index (κ1) is 16.1. The van der Waals surface area contributed by atoms with Gasteiger partial charge in [-0.1, -0.05) is 6.07 Å². The van der Waals surface area contributed by atoms with E-state index >= 15 is 0 Å². The first-order valence-electron chi connectivity index (χ1n) is 7.99. The van der Waals surface area contributed by atoms with Gasteiger partial charge in [0.25, 0.3) is 0 Å². The Morgan fingerprint density at radius 3 is 2.56 bits per heavy atom. The standard InChI is InChI=1S/C19H17N3OS2/c1-12-5-10-16(25-12)18-17(15-4-2-3-11-20-15)21-19(24)22(18)13-6-8-14(23)9-7-13/h2-11,17-18,23H,1H3,(H,21,24)/t17-,18-/m1/s1. The van der Waals surface area contributed by atoms with Crippen LogP contribution in [-0.2, 0) is 0 Å². The molecule has 2 N–H and O–H groups in total. The van der Waals surface area contributed by atoms with E-state index in [-0.39, 0.29) is 17.8 Å². The van der Waals surface area contributed by atoms with Crippen molar-refractivity contribution in [1.29, 1.82) is 0 Å². The molecule has 4 nitrogen and oxygen atoms in total. The molecule has 0 unspecified atom stereocenters. The van der Waals surface area contributed by atoms with E-state index in [1.165, 1.54) is 9.75 Å². The number of anilines is 1. The zero-order valence-corrected chi connectivity index (χ0v) is 15.2. The molecule has 25 heavy (non-hydrogen) atoms. The van der Waals surface area contributed by atoms with E-state index in [1.807, 2.05) is 30.3 Å². The number of aromatic nitrogens is 1. The second-order valence-corrected chi connectivity index (χ2v) is 7.67. The van der Waals surface area contributed by atoms with Crippen molar-refractivity contribution >= 4 is 34.4 Å². The van der Waals surface area contributed by atoms with Crippen LogP contribution >= 0.6 is 23.6 Å². The van der Waals surface area contributed by atoms with Crippen molar-refractivity contribution in [3.8, 4) is 5.75 Å². The maximum absolute atomic E-state index is 9.61. The van der Waals surface area contributed by atoms with Crippen LogP contribution in [0.4, 0.5) is 5.69 Å². The minimum absolute atomic E-state index is 0.0191. The Bertz CT molecular complexity index is 893. The lowest BCUT2D eigenvalue weighted by atomic mass is 10.0. The molecular formula is C19H17N3OS2. The summed E-state index contributed by atoms with van der Waals surface area (Å²) in [7, 11) is 0. The fourth-order valence-electron chi connectivity index (χ4n) is 3.15. The molecule has 1 aliphatic rings. The topological polar surface area (TPSA) is 48.4 Å². The van der Waals surface area contributed by atoms with Crippen molar-refractivity contribution < 1.29 is 5.11 Å². The average Bonchev–Trinajstić information content (AvgIpc) is 3.20. The molecule has 3 heterocycles. The first-order chi connectivity index (χ1) is 12.1. The van der Waals surface area contributed by atoms with Crippen LogP contribution < -0.4 is 10.2 Å². The number of nitrogens with zero attached hydrogens (tertiary/aromatic N) is 2. The molecule has 4 rings (SSSR count). The molecule has 1 saturated heterocycles. The van der Waals surface area contributed by atoms with Gasteiger partial charge in [-0.05, 0) is 67.7 Å². The monoisotopic (exact) mass is 367 g/mol. The normalized spacial score (nSPS) is 19.9. The number of nitrogens with one attached hydrogen (secondary N) is 1. The highest BCUT2D eigenvalue weighted by atomic mass is 32.1. The van der Waals surface area contributed by atoms with Gasteiger partial charge in [-0.2, -0.15) is 0 Å². The summed E-state index contributed by atoms with van der Waals surface area (Å²) in [4.78, 5) is 9.14. The molecule has 0 bridgehead atoms. The molecule has 2 aromatic heterocycles. The Hall–Kier alpha value is -2.44. The molecule has 3 aromatic rings. The fourth-order valence-corrected chi connectivity index (χ4v) is 4.50. The number of hydrogen-bond donors (Lipinski definition) is 2. The summed E-state index contributed by atoms with van der Waals surface area (Å²) in [6.07, 6.45) is 1.81. The second-order valence-electron chi connectivity index (χ2n) is 5.96. The Kier molecular flexibility index (Phi) is 4.15. The zero-order chi connectivity index (χ0) is 17.4. The third-order valence-electron chi connectivity index (χ3n) is 4.28. The Morgan fingerprint density at radius 1 is 1.12 bits per heavy atom. The van der Waals surface area contributed by atoms with Crippen molar-refractivity contribution in [3.63, 3.8) is 0 Å². The number of aromatic hydroxyl groups is 1.